The molecular weight excluding hydrogens is 318 g/mol. The second-order valence-corrected chi connectivity index (χ2v) is 5.99. The minimum absolute atomic E-state index is 0.0110. The van der Waals surface area contributed by atoms with Crippen LogP contribution in [0.3, 0.4) is 0 Å². The number of benzene rings is 2. The van der Waals surface area contributed by atoms with Gasteiger partial charge in [0.25, 0.3) is 5.91 Å². The summed E-state index contributed by atoms with van der Waals surface area (Å²) in [6.07, 6.45) is 3.01. The molecule has 0 fully saturated rings. The Bertz CT molecular complexity index is 772. The van der Waals surface area contributed by atoms with Gasteiger partial charge in [-0.15, -0.1) is 0 Å². The van der Waals surface area contributed by atoms with Crippen LogP contribution in [-0.4, -0.2) is 25.6 Å². The fourth-order valence-corrected chi connectivity index (χ4v) is 3.15. The molecular formula is C20H21NO4. The Kier molecular flexibility index (Phi) is 5.33. The summed E-state index contributed by atoms with van der Waals surface area (Å²) in [5, 5.41) is 3.03. The SMILES string of the molecule is COC(=O)c1ccccc1OCC(=O)N[C@@H]1CCCc2ccccc21. The summed E-state index contributed by atoms with van der Waals surface area (Å²) >= 11 is 0. The first-order valence-electron chi connectivity index (χ1n) is 8.36. The molecule has 3 rings (SSSR count). The van der Waals surface area contributed by atoms with Crippen LogP contribution in [0.1, 0.15) is 40.4 Å². The van der Waals surface area contributed by atoms with Crippen LogP contribution in [0.4, 0.5) is 0 Å². The maximum absolute atomic E-state index is 12.3. The Morgan fingerprint density at radius 2 is 1.88 bits per heavy atom. The quantitative estimate of drug-likeness (QED) is 0.851. The zero-order valence-electron chi connectivity index (χ0n) is 14.2. The van der Waals surface area contributed by atoms with Crippen molar-refractivity contribution < 1.29 is 19.1 Å². The maximum atomic E-state index is 12.3. The number of carbonyl (C=O) groups is 2. The number of amides is 1. The number of fused-ring (bicyclic) bond motifs is 1. The van der Waals surface area contributed by atoms with E-state index in [-0.39, 0.29) is 18.6 Å². The number of ether oxygens (including phenoxy) is 2. The smallest absolute Gasteiger partial charge is 0.341 e. The molecule has 0 saturated carbocycles. The highest BCUT2D eigenvalue weighted by molar-refractivity contribution is 5.92. The predicted molar refractivity (Wildman–Crippen MR) is 93.5 cm³/mol. The van der Waals surface area contributed by atoms with Crippen molar-refractivity contribution in [2.75, 3.05) is 13.7 Å². The lowest BCUT2D eigenvalue weighted by Crippen LogP contribution is -2.34. The number of aryl methyl sites for hydroxylation is 1. The van der Waals surface area contributed by atoms with Gasteiger partial charge < -0.3 is 14.8 Å². The molecule has 2 aromatic carbocycles. The summed E-state index contributed by atoms with van der Waals surface area (Å²) in [6.45, 7) is -0.146. The van der Waals surface area contributed by atoms with Gasteiger partial charge >= 0.3 is 5.97 Å². The van der Waals surface area contributed by atoms with Crippen LogP contribution in [-0.2, 0) is 16.0 Å². The van der Waals surface area contributed by atoms with E-state index in [1.54, 1.807) is 24.3 Å². The Morgan fingerprint density at radius 1 is 1.12 bits per heavy atom. The highest BCUT2D eigenvalue weighted by Crippen LogP contribution is 2.29. The molecule has 1 aliphatic carbocycles. The van der Waals surface area contributed by atoms with Crippen molar-refractivity contribution in [1.29, 1.82) is 0 Å². The average Bonchev–Trinajstić information content (AvgIpc) is 2.66. The molecule has 0 heterocycles. The second-order valence-electron chi connectivity index (χ2n) is 5.99. The lowest BCUT2D eigenvalue weighted by Gasteiger charge is -2.26. The van der Waals surface area contributed by atoms with Gasteiger partial charge in [0, 0.05) is 0 Å². The number of rotatable bonds is 5. The zero-order valence-corrected chi connectivity index (χ0v) is 14.2. The number of esters is 1. The topological polar surface area (TPSA) is 64.6 Å². The van der Waals surface area contributed by atoms with E-state index in [1.165, 1.54) is 18.2 Å². The molecule has 1 aliphatic rings. The van der Waals surface area contributed by atoms with Gasteiger partial charge in [-0.3, -0.25) is 4.79 Å². The average molecular weight is 339 g/mol. The molecule has 0 bridgehead atoms. The van der Waals surface area contributed by atoms with E-state index in [0.29, 0.717) is 11.3 Å². The van der Waals surface area contributed by atoms with E-state index in [9.17, 15) is 9.59 Å². The van der Waals surface area contributed by atoms with Crippen molar-refractivity contribution in [2.24, 2.45) is 0 Å². The van der Waals surface area contributed by atoms with Crippen molar-refractivity contribution in [3.05, 3.63) is 65.2 Å². The van der Waals surface area contributed by atoms with Gasteiger partial charge in [0.1, 0.15) is 11.3 Å². The minimum Gasteiger partial charge on any atom is -0.483 e. The van der Waals surface area contributed by atoms with Crippen molar-refractivity contribution in [3.8, 4) is 5.75 Å². The van der Waals surface area contributed by atoms with Crippen LogP contribution in [0.2, 0.25) is 0 Å². The van der Waals surface area contributed by atoms with Crippen molar-refractivity contribution in [2.45, 2.75) is 25.3 Å². The first-order valence-corrected chi connectivity index (χ1v) is 8.36. The number of hydrogen-bond acceptors (Lipinski definition) is 4. The lowest BCUT2D eigenvalue weighted by atomic mass is 9.88. The highest BCUT2D eigenvalue weighted by Gasteiger charge is 2.21. The fraction of sp³-hybridized carbons (Fsp3) is 0.300. The van der Waals surface area contributed by atoms with Gasteiger partial charge in [-0.1, -0.05) is 36.4 Å². The van der Waals surface area contributed by atoms with Crippen molar-refractivity contribution >= 4 is 11.9 Å². The van der Waals surface area contributed by atoms with Crippen molar-refractivity contribution in [3.63, 3.8) is 0 Å². The highest BCUT2D eigenvalue weighted by atomic mass is 16.5. The van der Waals surface area contributed by atoms with E-state index in [2.05, 4.69) is 17.4 Å². The van der Waals surface area contributed by atoms with Crippen LogP contribution in [0, 0.1) is 0 Å². The standard InChI is InChI=1S/C20H21NO4/c1-24-20(23)16-10-4-5-12-18(16)25-13-19(22)21-17-11-6-8-14-7-2-3-9-15(14)17/h2-5,7,9-10,12,17H,6,8,11,13H2,1H3,(H,21,22)/t17-/m1/s1. The largest absolute Gasteiger partial charge is 0.483 e. The summed E-state index contributed by atoms with van der Waals surface area (Å²) in [5.41, 5.74) is 2.77. The predicted octanol–water partition coefficient (Wildman–Crippen LogP) is 3.05. The van der Waals surface area contributed by atoms with E-state index < -0.39 is 5.97 Å². The first kappa shape index (κ1) is 17.0. The van der Waals surface area contributed by atoms with Crippen LogP contribution < -0.4 is 10.1 Å². The van der Waals surface area contributed by atoms with Gasteiger partial charge in [-0.25, -0.2) is 4.79 Å². The first-order chi connectivity index (χ1) is 12.2. The zero-order chi connectivity index (χ0) is 17.6. The molecule has 25 heavy (non-hydrogen) atoms. The number of para-hydroxylation sites is 1. The monoisotopic (exact) mass is 339 g/mol. The number of carbonyl (C=O) groups excluding carboxylic acids is 2. The second kappa shape index (κ2) is 7.83. The van der Waals surface area contributed by atoms with Crippen molar-refractivity contribution in [1.82, 2.24) is 5.32 Å². The summed E-state index contributed by atoms with van der Waals surface area (Å²) in [5.74, 6) is -0.355. The molecule has 0 saturated heterocycles. The van der Waals surface area contributed by atoms with Gasteiger partial charge in [-0.05, 0) is 42.5 Å². The van der Waals surface area contributed by atoms with Gasteiger partial charge in [0.05, 0.1) is 13.2 Å². The van der Waals surface area contributed by atoms with Crippen LogP contribution in [0.5, 0.6) is 5.75 Å². The van der Waals surface area contributed by atoms with Crippen LogP contribution >= 0.6 is 0 Å². The van der Waals surface area contributed by atoms with Gasteiger partial charge in [0.2, 0.25) is 0 Å². The number of nitrogens with one attached hydrogen (secondary N) is 1. The lowest BCUT2D eigenvalue weighted by molar-refractivity contribution is -0.124. The maximum Gasteiger partial charge on any atom is 0.341 e. The Balaban J connectivity index is 1.62. The molecule has 1 N–H and O–H groups in total. The normalized spacial score (nSPS) is 15.8. The Hall–Kier alpha value is -2.82. The van der Waals surface area contributed by atoms with Crippen LogP contribution in [0.15, 0.2) is 48.5 Å². The molecule has 5 heteroatoms. The molecule has 130 valence electrons. The van der Waals surface area contributed by atoms with Gasteiger partial charge in [-0.2, -0.15) is 0 Å². The summed E-state index contributed by atoms with van der Waals surface area (Å²) in [7, 11) is 1.31. The summed E-state index contributed by atoms with van der Waals surface area (Å²) in [6, 6.07) is 14.9. The molecule has 0 spiro atoms. The molecule has 0 aliphatic heterocycles. The Labute approximate surface area is 147 Å². The third-order valence-electron chi connectivity index (χ3n) is 4.36. The molecule has 0 unspecified atom stereocenters. The van der Waals surface area contributed by atoms with Gasteiger partial charge in [0.15, 0.2) is 6.61 Å². The van der Waals surface area contributed by atoms with E-state index in [4.69, 9.17) is 9.47 Å². The van der Waals surface area contributed by atoms with Crippen LogP contribution in [0.25, 0.3) is 0 Å². The minimum atomic E-state index is -0.489. The summed E-state index contributed by atoms with van der Waals surface area (Å²) in [4.78, 5) is 24.0. The molecule has 0 aromatic heterocycles. The molecule has 5 nitrogen and oxygen atoms in total. The number of methoxy groups -OCH3 is 1. The molecule has 2 aromatic rings. The number of hydrogen-bond donors (Lipinski definition) is 1. The molecule has 0 radical (unpaired) electrons. The third kappa shape index (κ3) is 3.99. The van der Waals surface area contributed by atoms with E-state index in [1.807, 2.05) is 12.1 Å². The third-order valence-corrected chi connectivity index (χ3v) is 4.36. The molecule has 1 amide bonds. The van der Waals surface area contributed by atoms with E-state index in [0.717, 1.165) is 19.3 Å². The Morgan fingerprint density at radius 3 is 2.72 bits per heavy atom. The summed E-state index contributed by atoms with van der Waals surface area (Å²) < 4.78 is 10.3. The fourth-order valence-electron chi connectivity index (χ4n) is 3.15. The van der Waals surface area contributed by atoms with E-state index >= 15 is 0 Å². The molecule has 1 atom stereocenters.